The normalized spacial score (nSPS) is 42.1. The van der Waals surface area contributed by atoms with Gasteiger partial charge in [0.2, 0.25) is 0 Å². The molecule has 1 heteroatoms. The molecule has 0 amide bonds. The molecule has 1 aromatic carbocycles. The summed E-state index contributed by atoms with van der Waals surface area (Å²) < 4.78 is 0. The lowest BCUT2D eigenvalue weighted by Gasteiger charge is -2.62. The third-order valence-electron chi connectivity index (χ3n) is 6.40. The average Bonchev–Trinajstić information content (AvgIpc) is 2.37. The number of nitrogens with one attached hydrogen (secondary N) is 1. The van der Waals surface area contributed by atoms with E-state index < -0.39 is 0 Å². The zero-order valence-corrected chi connectivity index (χ0v) is 12.9. The van der Waals surface area contributed by atoms with Crippen molar-refractivity contribution in [3.8, 4) is 0 Å². The van der Waals surface area contributed by atoms with Crippen molar-refractivity contribution >= 4 is 0 Å². The van der Waals surface area contributed by atoms with Gasteiger partial charge in [-0.15, -0.1) is 0 Å². The van der Waals surface area contributed by atoms with Crippen LogP contribution < -0.4 is 5.32 Å². The Hall–Kier alpha value is -0.820. The molecule has 4 aliphatic rings. The first-order chi connectivity index (χ1) is 9.63. The van der Waals surface area contributed by atoms with Gasteiger partial charge < -0.3 is 5.32 Å². The first-order valence-corrected chi connectivity index (χ1v) is 8.35. The van der Waals surface area contributed by atoms with Crippen LogP contribution in [0.2, 0.25) is 0 Å². The van der Waals surface area contributed by atoms with Crippen LogP contribution >= 0.6 is 0 Å². The second-order valence-corrected chi connectivity index (χ2v) is 8.14. The smallest absolute Gasteiger partial charge is 0.000533 e. The van der Waals surface area contributed by atoms with Crippen LogP contribution in [-0.2, 0) is 5.41 Å². The minimum Gasteiger partial charge on any atom is -0.319 e. The van der Waals surface area contributed by atoms with Crippen LogP contribution in [0.25, 0.3) is 0 Å². The largest absolute Gasteiger partial charge is 0.319 e. The van der Waals surface area contributed by atoms with Crippen LogP contribution in [0, 0.1) is 24.2 Å². The van der Waals surface area contributed by atoms with E-state index in [4.69, 9.17) is 0 Å². The van der Waals surface area contributed by atoms with Crippen molar-refractivity contribution in [3.63, 3.8) is 0 Å². The Morgan fingerprint density at radius 2 is 1.70 bits per heavy atom. The summed E-state index contributed by atoms with van der Waals surface area (Å²) in [7, 11) is 2.14. The molecule has 0 saturated heterocycles. The SMILES string of the molecule is CNCC12CC3CC(C1)CC(c1ccc(C)cc1)(C3)C2. The molecular formula is C19H27N. The van der Waals surface area contributed by atoms with E-state index in [-0.39, 0.29) is 0 Å². The van der Waals surface area contributed by atoms with Gasteiger partial charge in [-0.3, -0.25) is 0 Å². The predicted octanol–water partition coefficient (Wildman–Crippen LogP) is 4.05. The Balaban J connectivity index is 1.73. The fourth-order valence-electron chi connectivity index (χ4n) is 6.28. The van der Waals surface area contributed by atoms with E-state index in [2.05, 4.69) is 43.6 Å². The van der Waals surface area contributed by atoms with Gasteiger partial charge >= 0.3 is 0 Å². The zero-order chi connectivity index (χ0) is 13.8. The van der Waals surface area contributed by atoms with E-state index in [0.29, 0.717) is 10.8 Å². The molecule has 4 saturated carbocycles. The first-order valence-electron chi connectivity index (χ1n) is 8.35. The highest BCUT2D eigenvalue weighted by Crippen LogP contribution is 2.65. The topological polar surface area (TPSA) is 12.0 Å². The molecule has 4 bridgehead atoms. The number of rotatable bonds is 3. The Bertz CT molecular complexity index is 487. The molecule has 0 aliphatic heterocycles. The lowest BCUT2D eigenvalue weighted by atomic mass is 9.43. The van der Waals surface area contributed by atoms with Gasteiger partial charge in [-0.1, -0.05) is 29.8 Å². The van der Waals surface area contributed by atoms with Gasteiger partial charge in [0.25, 0.3) is 0 Å². The van der Waals surface area contributed by atoms with E-state index in [1.54, 1.807) is 5.56 Å². The van der Waals surface area contributed by atoms with Gasteiger partial charge in [0.05, 0.1) is 0 Å². The first kappa shape index (κ1) is 12.9. The van der Waals surface area contributed by atoms with Crippen molar-refractivity contribution < 1.29 is 0 Å². The molecule has 4 fully saturated rings. The summed E-state index contributed by atoms with van der Waals surface area (Å²) >= 11 is 0. The van der Waals surface area contributed by atoms with Crippen molar-refractivity contribution in [2.24, 2.45) is 17.3 Å². The zero-order valence-electron chi connectivity index (χ0n) is 12.9. The van der Waals surface area contributed by atoms with Gasteiger partial charge in [0, 0.05) is 6.54 Å². The quantitative estimate of drug-likeness (QED) is 0.873. The maximum absolute atomic E-state index is 3.50. The summed E-state index contributed by atoms with van der Waals surface area (Å²) in [6.45, 7) is 3.43. The molecule has 108 valence electrons. The highest BCUT2D eigenvalue weighted by molar-refractivity contribution is 5.32. The molecule has 0 spiro atoms. The molecule has 1 aromatic rings. The fraction of sp³-hybridized carbons (Fsp3) is 0.684. The van der Waals surface area contributed by atoms with Crippen molar-refractivity contribution in [1.82, 2.24) is 5.32 Å². The van der Waals surface area contributed by atoms with Gasteiger partial charge in [0.1, 0.15) is 0 Å². The number of hydrogen-bond donors (Lipinski definition) is 1. The van der Waals surface area contributed by atoms with Gasteiger partial charge in [-0.2, -0.15) is 0 Å². The van der Waals surface area contributed by atoms with E-state index in [1.165, 1.54) is 50.6 Å². The van der Waals surface area contributed by atoms with Gasteiger partial charge in [0.15, 0.2) is 0 Å². The highest BCUT2D eigenvalue weighted by atomic mass is 14.8. The maximum Gasteiger partial charge on any atom is 0.000533 e. The molecule has 0 aromatic heterocycles. The molecule has 5 rings (SSSR count). The number of benzene rings is 1. The summed E-state index contributed by atoms with van der Waals surface area (Å²) in [4.78, 5) is 0. The molecule has 0 radical (unpaired) electrons. The molecule has 4 aliphatic carbocycles. The van der Waals surface area contributed by atoms with Crippen LogP contribution in [0.4, 0.5) is 0 Å². The van der Waals surface area contributed by atoms with Gasteiger partial charge in [-0.05, 0) is 80.7 Å². The summed E-state index contributed by atoms with van der Waals surface area (Å²) in [5.74, 6) is 1.98. The molecule has 20 heavy (non-hydrogen) atoms. The second kappa shape index (κ2) is 4.34. The van der Waals surface area contributed by atoms with Crippen molar-refractivity contribution in [1.29, 1.82) is 0 Å². The Morgan fingerprint density at radius 1 is 1.05 bits per heavy atom. The van der Waals surface area contributed by atoms with Crippen LogP contribution in [0.1, 0.15) is 49.7 Å². The van der Waals surface area contributed by atoms with Crippen LogP contribution in [0.15, 0.2) is 24.3 Å². The van der Waals surface area contributed by atoms with E-state index in [0.717, 1.165) is 11.8 Å². The number of aryl methyl sites for hydroxylation is 1. The molecular weight excluding hydrogens is 242 g/mol. The summed E-state index contributed by atoms with van der Waals surface area (Å²) in [6, 6.07) is 9.49. The third-order valence-corrected chi connectivity index (χ3v) is 6.40. The monoisotopic (exact) mass is 269 g/mol. The van der Waals surface area contributed by atoms with Crippen LogP contribution in [-0.4, -0.2) is 13.6 Å². The Kier molecular flexibility index (Phi) is 2.79. The number of hydrogen-bond acceptors (Lipinski definition) is 1. The molecule has 1 nitrogen and oxygen atoms in total. The van der Waals surface area contributed by atoms with E-state index >= 15 is 0 Å². The standard InChI is InChI=1S/C19H27N/c1-14-3-5-17(6-4-14)19-10-15-7-16(11-19)9-18(8-15,12-19)13-20-2/h3-6,15-16,20H,7-13H2,1-2H3. The van der Waals surface area contributed by atoms with Crippen LogP contribution in [0.5, 0.6) is 0 Å². The van der Waals surface area contributed by atoms with Crippen LogP contribution in [0.3, 0.4) is 0 Å². The molecule has 1 N–H and O–H groups in total. The van der Waals surface area contributed by atoms with Crippen molar-refractivity contribution in [2.75, 3.05) is 13.6 Å². The van der Waals surface area contributed by atoms with Gasteiger partial charge in [-0.25, -0.2) is 0 Å². The highest BCUT2D eigenvalue weighted by Gasteiger charge is 2.57. The summed E-state index contributed by atoms with van der Waals surface area (Å²) in [5, 5.41) is 3.50. The van der Waals surface area contributed by atoms with Crippen molar-refractivity contribution in [2.45, 2.75) is 50.9 Å². The Labute approximate surface area is 123 Å². The summed E-state index contributed by atoms with van der Waals surface area (Å²) in [6.07, 6.45) is 8.82. The maximum atomic E-state index is 3.50. The minimum absolute atomic E-state index is 0.509. The molecule has 0 heterocycles. The average molecular weight is 269 g/mol. The predicted molar refractivity (Wildman–Crippen MR) is 83.9 cm³/mol. The second-order valence-electron chi connectivity index (χ2n) is 8.14. The lowest BCUT2D eigenvalue weighted by molar-refractivity contribution is -0.0699. The van der Waals surface area contributed by atoms with Crippen molar-refractivity contribution in [3.05, 3.63) is 35.4 Å². The third kappa shape index (κ3) is 1.86. The molecule has 2 atom stereocenters. The Morgan fingerprint density at radius 3 is 2.30 bits per heavy atom. The fourth-order valence-corrected chi connectivity index (χ4v) is 6.28. The van der Waals surface area contributed by atoms with E-state index in [9.17, 15) is 0 Å². The lowest BCUT2D eigenvalue weighted by Crippen LogP contribution is -2.56. The summed E-state index contributed by atoms with van der Waals surface area (Å²) in [5.41, 5.74) is 4.14. The van der Waals surface area contributed by atoms with E-state index in [1.807, 2.05) is 0 Å². The minimum atomic E-state index is 0.509. The molecule has 2 unspecified atom stereocenters.